The van der Waals surface area contributed by atoms with Crippen LogP contribution >= 0.6 is 0 Å². The first-order valence-corrected chi connectivity index (χ1v) is 8.37. The molecule has 25 heavy (non-hydrogen) atoms. The van der Waals surface area contributed by atoms with E-state index in [0.29, 0.717) is 26.2 Å². The van der Waals surface area contributed by atoms with Gasteiger partial charge in [0.15, 0.2) is 0 Å². The zero-order chi connectivity index (χ0) is 17.3. The highest BCUT2D eigenvalue weighted by Gasteiger charge is 2.14. The van der Waals surface area contributed by atoms with E-state index in [4.69, 9.17) is 0 Å². The second-order valence-electron chi connectivity index (χ2n) is 5.86. The van der Waals surface area contributed by atoms with Gasteiger partial charge in [-0.05, 0) is 11.1 Å². The average molecular weight is 334 g/mol. The van der Waals surface area contributed by atoms with Crippen LogP contribution in [0.15, 0.2) is 79.4 Å². The van der Waals surface area contributed by atoms with Crippen LogP contribution in [0.3, 0.4) is 0 Å². The van der Waals surface area contributed by atoms with E-state index in [1.807, 2.05) is 76.3 Å². The standard InChI is InChI=1S/C20H22N4O/c25-20(22-12-14-23-13-11-21-17-23)24(15-18-7-3-1-4-8-18)16-19-9-5-2-6-10-19/h1-11,13,17H,12,14-16H2,(H,22,25). The fraction of sp³-hybridized carbons (Fsp3) is 0.200. The number of hydrogen-bond acceptors (Lipinski definition) is 2. The fourth-order valence-corrected chi connectivity index (χ4v) is 2.63. The molecule has 0 bridgehead atoms. The van der Waals surface area contributed by atoms with E-state index < -0.39 is 0 Å². The Morgan fingerprint density at radius 1 is 0.960 bits per heavy atom. The summed E-state index contributed by atoms with van der Waals surface area (Å²) in [4.78, 5) is 18.5. The molecule has 0 aliphatic carbocycles. The maximum absolute atomic E-state index is 12.7. The van der Waals surface area contributed by atoms with Crippen LogP contribution in [-0.4, -0.2) is 27.0 Å². The Morgan fingerprint density at radius 3 is 2.08 bits per heavy atom. The van der Waals surface area contributed by atoms with Crippen molar-refractivity contribution in [2.24, 2.45) is 0 Å². The monoisotopic (exact) mass is 334 g/mol. The number of urea groups is 1. The predicted octanol–water partition coefficient (Wildman–Crippen LogP) is 3.30. The molecule has 0 aliphatic rings. The van der Waals surface area contributed by atoms with Crippen molar-refractivity contribution in [1.29, 1.82) is 0 Å². The number of benzene rings is 2. The molecule has 0 spiro atoms. The molecule has 0 saturated carbocycles. The molecule has 1 heterocycles. The molecule has 0 saturated heterocycles. The molecule has 2 amide bonds. The molecule has 0 atom stereocenters. The molecule has 0 aliphatic heterocycles. The number of rotatable bonds is 7. The van der Waals surface area contributed by atoms with Gasteiger partial charge in [-0.1, -0.05) is 60.7 Å². The summed E-state index contributed by atoms with van der Waals surface area (Å²) in [5.41, 5.74) is 2.23. The summed E-state index contributed by atoms with van der Waals surface area (Å²) < 4.78 is 1.94. The number of aromatic nitrogens is 2. The second-order valence-corrected chi connectivity index (χ2v) is 5.86. The Morgan fingerprint density at radius 2 is 1.56 bits per heavy atom. The lowest BCUT2D eigenvalue weighted by atomic mass is 10.2. The van der Waals surface area contributed by atoms with Crippen LogP contribution in [0.25, 0.3) is 0 Å². The van der Waals surface area contributed by atoms with E-state index in [-0.39, 0.29) is 6.03 Å². The van der Waals surface area contributed by atoms with Crippen LogP contribution in [0.2, 0.25) is 0 Å². The Hall–Kier alpha value is -3.08. The first-order chi connectivity index (χ1) is 12.3. The number of carbonyl (C=O) groups excluding carboxylic acids is 1. The lowest BCUT2D eigenvalue weighted by molar-refractivity contribution is 0.192. The van der Waals surface area contributed by atoms with Crippen molar-refractivity contribution in [3.63, 3.8) is 0 Å². The minimum absolute atomic E-state index is 0.0622. The van der Waals surface area contributed by atoms with Gasteiger partial charge in [0.05, 0.1) is 6.33 Å². The summed E-state index contributed by atoms with van der Waals surface area (Å²) in [6, 6.07) is 20.0. The van der Waals surface area contributed by atoms with Crippen molar-refractivity contribution in [2.75, 3.05) is 6.54 Å². The molecular formula is C20H22N4O. The summed E-state index contributed by atoms with van der Waals surface area (Å²) in [5, 5.41) is 3.00. The Balaban J connectivity index is 1.63. The molecule has 3 aromatic rings. The van der Waals surface area contributed by atoms with Gasteiger partial charge in [-0.25, -0.2) is 9.78 Å². The number of carbonyl (C=O) groups is 1. The van der Waals surface area contributed by atoms with Crippen LogP contribution in [0.5, 0.6) is 0 Å². The third kappa shape index (κ3) is 5.21. The van der Waals surface area contributed by atoms with Crippen LogP contribution in [0, 0.1) is 0 Å². The van der Waals surface area contributed by atoms with Gasteiger partial charge in [0.25, 0.3) is 0 Å². The van der Waals surface area contributed by atoms with Gasteiger partial charge < -0.3 is 14.8 Å². The molecule has 0 radical (unpaired) electrons. The highest BCUT2D eigenvalue weighted by Crippen LogP contribution is 2.10. The molecule has 128 valence electrons. The Kier molecular flexibility index (Phi) is 5.82. The predicted molar refractivity (Wildman–Crippen MR) is 97.8 cm³/mol. The maximum atomic E-state index is 12.7. The van der Waals surface area contributed by atoms with Crippen molar-refractivity contribution >= 4 is 6.03 Å². The number of imidazole rings is 1. The first kappa shape index (κ1) is 16.8. The average Bonchev–Trinajstić information content (AvgIpc) is 3.16. The lowest BCUT2D eigenvalue weighted by Gasteiger charge is -2.23. The summed E-state index contributed by atoms with van der Waals surface area (Å²) in [6.07, 6.45) is 5.37. The third-order valence-corrected chi connectivity index (χ3v) is 3.93. The summed E-state index contributed by atoms with van der Waals surface area (Å²) in [6.45, 7) is 2.42. The zero-order valence-corrected chi connectivity index (χ0v) is 14.1. The van der Waals surface area contributed by atoms with E-state index in [0.717, 1.165) is 11.1 Å². The van der Waals surface area contributed by atoms with Gasteiger partial charge in [-0.2, -0.15) is 0 Å². The molecule has 3 rings (SSSR count). The van der Waals surface area contributed by atoms with Crippen LogP contribution in [-0.2, 0) is 19.6 Å². The van der Waals surface area contributed by atoms with E-state index in [1.165, 1.54) is 0 Å². The van der Waals surface area contributed by atoms with Crippen molar-refractivity contribution < 1.29 is 4.79 Å². The third-order valence-electron chi connectivity index (χ3n) is 3.93. The molecule has 5 nitrogen and oxygen atoms in total. The van der Waals surface area contributed by atoms with Gasteiger partial charge in [0, 0.05) is 38.6 Å². The van der Waals surface area contributed by atoms with E-state index >= 15 is 0 Å². The molecule has 0 unspecified atom stereocenters. The van der Waals surface area contributed by atoms with Gasteiger partial charge in [0.2, 0.25) is 0 Å². The lowest BCUT2D eigenvalue weighted by Crippen LogP contribution is -2.40. The molecular weight excluding hydrogens is 312 g/mol. The van der Waals surface area contributed by atoms with Crippen molar-refractivity contribution in [2.45, 2.75) is 19.6 Å². The number of nitrogens with one attached hydrogen (secondary N) is 1. The number of nitrogens with zero attached hydrogens (tertiary/aromatic N) is 3. The van der Waals surface area contributed by atoms with Crippen molar-refractivity contribution in [1.82, 2.24) is 19.8 Å². The minimum atomic E-state index is -0.0622. The summed E-state index contributed by atoms with van der Waals surface area (Å²) >= 11 is 0. The van der Waals surface area contributed by atoms with Crippen LogP contribution < -0.4 is 5.32 Å². The second kappa shape index (κ2) is 8.68. The molecule has 5 heteroatoms. The minimum Gasteiger partial charge on any atom is -0.336 e. The fourth-order valence-electron chi connectivity index (χ4n) is 2.63. The van der Waals surface area contributed by atoms with E-state index in [2.05, 4.69) is 10.3 Å². The van der Waals surface area contributed by atoms with Gasteiger partial charge in [-0.3, -0.25) is 0 Å². The topological polar surface area (TPSA) is 50.2 Å². The highest BCUT2D eigenvalue weighted by atomic mass is 16.2. The quantitative estimate of drug-likeness (QED) is 0.721. The van der Waals surface area contributed by atoms with Gasteiger partial charge in [-0.15, -0.1) is 0 Å². The highest BCUT2D eigenvalue weighted by molar-refractivity contribution is 5.74. The number of amides is 2. The molecule has 1 N–H and O–H groups in total. The smallest absolute Gasteiger partial charge is 0.318 e. The van der Waals surface area contributed by atoms with E-state index in [1.54, 1.807) is 12.5 Å². The first-order valence-electron chi connectivity index (χ1n) is 8.37. The summed E-state index contributed by atoms with van der Waals surface area (Å²) in [5.74, 6) is 0. The molecule has 0 fully saturated rings. The van der Waals surface area contributed by atoms with Crippen LogP contribution in [0.4, 0.5) is 4.79 Å². The summed E-state index contributed by atoms with van der Waals surface area (Å²) in [7, 11) is 0. The zero-order valence-electron chi connectivity index (χ0n) is 14.1. The SMILES string of the molecule is O=C(NCCn1ccnc1)N(Cc1ccccc1)Cc1ccccc1. The largest absolute Gasteiger partial charge is 0.336 e. The van der Waals surface area contributed by atoms with E-state index in [9.17, 15) is 4.79 Å². The molecule has 2 aromatic carbocycles. The maximum Gasteiger partial charge on any atom is 0.318 e. The van der Waals surface area contributed by atoms with Gasteiger partial charge in [0.1, 0.15) is 0 Å². The van der Waals surface area contributed by atoms with Crippen molar-refractivity contribution in [3.05, 3.63) is 90.5 Å². The van der Waals surface area contributed by atoms with Gasteiger partial charge >= 0.3 is 6.03 Å². The van der Waals surface area contributed by atoms with Crippen LogP contribution in [0.1, 0.15) is 11.1 Å². The number of hydrogen-bond donors (Lipinski definition) is 1. The Labute approximate surface area is 147 Å². The van der Waals surface area contributed by atoms with Crippen molar-refractivity contribution in [3.8, 4) is 0 Å². The normalized spacial score (nSPS) is 10.4. The Bertz CT molecular complexity index is 715. The molecule has 1 aromatic heterocycles.